The van der Waals surface area contributed by atoms with Crippen LogP contribution < -0.4 is 15.0 Å². The Morgan fingerprint density at radius 1 is 1.12 bits per heavy atom. The predicted molar refractivity (Wildman–Crippen MR) is 62.9 cm³/mol. The maximum atomic E-state index is 5.35. The topological polar surface area (TPSA) is 39.7 Å². The number of hydroxylamine groups is 1. The Morgan fingerprint density at radius 3 is 2.31 bits per heavy atom. The molecule has 0 unspecified atom stereocenters. The highest BCUT2D eigenvalue weighted by atomic mass is 16.6. The number of rotatable bonds is 5. The molecule has 1 aromatic rings. The van der Waals surface area contributed by atoms with Crippen LogP contribution in [0.2, 0.25) is 0 Å². The summed E-state index contributed by atoms with van der Waals surface area (Å²) in [4.78, 5) is 4.86. The first-order valence-electron chi connectivity index (χ1n) is 5.12. The van der Waals surface area contributed by atoms with Crippen LogP contribution in [-0.4, -0.2) is 21.3 Å². The molecule has 0 spiro atoms. The number of methoxy groups -OCH3 is 2. The van der Waals surface area contributed by atoms with Gasteiger partial charge >= 0.3 is 0 Å². The molecule has 1 N–H and O–H groups in total. The highest BCUT2D eigenvalue weighted by Gasteiger charge is 2.13. The zero-order valence-corrected chi connectivity index (χ0v) is 10.5. The Labute approximate surface area is 96.5 Å². The van der Waals surface area contributed by atoms with Crippen molar-refractivity contribution in [1.82, 2.24) is 5.48 Å². The summed E-state index contributed by atoms with van der Waals surface area (Å²) in [7, 11) is 4.89. The van der Waals surface area contributed by atoms with Crippen LogP contribution >= 0.6 is 0 Å². The summed E-state index contributed by atoms with van der Waals surface area (Å²) in [5, 5.41) is 0. The molecule has 0 atom stereocenters. The van der Waals surface area contributed by atoms with Gasteiger partial charge in [0.1, 0.15) is 0 Å². The summed E-state index contributed by atoms with van der Waals surface area (Å²) in [6.07, 6.45) is 0. The summed E-state index contributed by atoms with van der Waals surface area (Å²) in [6.45, 7) is 4.71. The molecule has 1 aromatic carbocycles. The van der Waals surface area contributed by atoms with Crippen LogP contribution in [0.1, 0.15) is 16.7 Å². The maximum absolute atomic E-state index is 5.35. The third-order valence-electron chi connectivity index (χ3n) is 2.66. The van der Waals surface area contributed by atoms with Crippen molar-refractivity contribution < 1.29 is 14.3 Å². The van der Waals surface area contributed by atoms with E-state index in [0.29, 0.717) is 6.54 Å². The third kappa shape index (κ3) is 2.46. The van der Waals surface area contributed by atoms with Crippen LogP contribution in [0.15, 0.2) is 6.07 Å². The van der Waals surface area contributed by atoms with Crippen LogP contribution in [0.4, 0.5) is 0 Å². The van der Waals surface area contributed by atoms with Crippen molar-refractivity contribution in [3.05, 3.63) is 22.8 Å². The van der Waals surface area contributed by atoms with Crippen molar-refractivity contribution in [2.45, 2.75) is 20.4 Å². The monoisotopic (exact) mass is 225 g/mol. The molecule has 4 nitrogen and oxygen atoms in total. The van der Waals surface area contributed by atoms with Crippen molar-refractivity contribution in [1.29, 1.82) is 0 Å². The van der Waals surface area contributed by atoms with Crippen molar-refractivity contribution >= 4 is 0 Å². The molecule has 4 heteroatoms. The lowest BCUT2D eigenvalue weighted by Crippen LogP contribution is -2.13. The highest BCUT2D eigenvalue weighted by molar-refractivity contribution is 5.53. The zero-order valence-electron chi connectivity index (χ0n) is 10.5. The number of aryl methyl sites for hydroxylation is 1. The van der Waals surface area contributed by atoms with Crippen molar-refractivity contribution in [3.8, 4) is 11.5 Å². The van der Waals surface area contributed by atoms with Gasteiger partial charge in [-0.2, -0.15) is 5.48 Å². The van der Waals surface area contributed by atoms with Gasteiger partial charge in [0.25, 0.3) is 0 Å². The summed E-state index contributed by atoms with van der Waals surface area (Å²) in [5.74, 6) is 1.54. The Kier molecular flexibility index (Phi) is 4.58. The molecule has 1 rings (SSSR count). The maximum Gasteiger partial charge on any atom is 0.163 e. The molecular weight excluding hydrogens is 206 g/mol. The summed E-state index contributed by atoms with van der Waals surface area (Å²) in [6, 6.07) is 1.97. The van der Waals surface area contributed by atoms with Crippen LogP contribution in [0, 0.1) is 13.8 Å². The predicted octanol–water partition coefficient (Wildman–Crippen LogP) is 1.97. The first-order valence-corrected chi connectivity index (χ1v) is 5.12. The number of ether oxygens (including phenoxy) is 2. The Hall–Kier alpha value is -1.26. The quantitative estimate of drug-likeness (QED) is 0.778. The molecule has 0 aliphatic heterocycles. The SMILES string of the molecule is CONCc1c(C)cc(OC)c(OC)c1C. The van der Waals surface area contributed by atoms with Gasteiger partial charge in [-0.1, -0.05) is 0 Å². The fourth-order valence-corrected chi connectivity index (χ4v) is 1.79. The second kappa shape index (κ2) is 5.72. The Balaban J connectivity index is 3.18. The summed E-state index contributed by atoms with van der Waals surface area (Å²) < 4.78 is 10.6. The summed E-state index contributed by atoms with van der Waals surface area (Å²) in [5.41, 5.74) is 6.23. The molecule has 0 heterocycles. The van der Waals surface area contributed by atoms with Crippen LogP contribution in [0.3, 0.4) is 0 Å². The smallest absolute Gasteiger partial charge is 0.163 e. The van der Waals surface area contributed by atoms with E-state index >= 15 is 0 Å². The molecule has 0 saturated carbocycles. The largest absolute Gasteiger partial charge is 0.493 e. The Morgan fingerprint density at radius 2 is 1.81 bits per heavy atom. The van der Waals surface area contributed by atoms with Crippen molar-refractivity contribution in [3.63, 3.8) is 0 Å². The normalized spacial score (nSPS) is 10.3. The highest BCUT2D eigenvalue weighted by Crippen LogP contribution is 2.34. The van der Waals surface area contributed by atoms with E-state index in [1.807, 2.05) is 19.9 Å². The fraction of sp³-hybridized carbons (Fsp3) is 0.500. The molecule has 0 aromatic heterocycles. The average Bonchev–Trinajstić information content (AvgIpc) is 2.28. The lowest BCUT2D eigenvalue weighted by atomic mass is 10.0. The lowest BCUT2D eigenvalue weighted by molar-refractivity contribution is 0.0864. The van der Waals surface area contributed by atoms with E-state index in [4.69, 9.17) is 14.3 Å². The van der Waals surface area contributed by atoms with Gasteiger partial charge in [0, 0.05) is 6.54 Å². The van der Waals surface area contributed by atoms with E-state index < -0.39 is 0 Å². The summed E-state index contributed by atoms with van der Waals surface area (Å²) >= 11 is 0. The molecule has 0 aliphatic carbocycles. The van der Waals surface area contributed by atoms with E-state index in [0.717, 1.165) is 22.6 Å². The van der Waals surface area contributed by atoms with Gasteiger partial charge in [0.15, 0.2) is 11.5 Å². The number of nitrogens with one attached hydrogen (secondary N) is 1. The fourth-order valence-electron chi connectivity index (χ4n) is 1.79. The van der Waals surface area contributed by atoms with Crippen LogP contribution in [0.25, 0.3) is 0 Å². The van der Waals surface area contributed by atoms with E-state index in [-0.39, 0.29) is 0 Å². The molecule has 90 valence electrons. The minimum atomic E-state index is 0.647. The van der Waals surface area contributed by atoms with Crippen molar-refractivity contribution in [2.24, 2.45) is 0 Å². The molecule has 0 aliphatic rings. The second-order valence-electron chi connectivity index (χ2n) is 3.56. The number of hydrogen-bond donors (Lipinski definition) is 1. The van der Waals surface area contributed by atoms with Gasteiger partial charge in [0.05, 0.1) is 21.3 Å². The van der Waals surface area contributed by atoms with Crippen LogP contribution in [0.5, 0.6) is 11.5 Å². The molecule has 0 fully saturated rings. The van der Waals surface area contributed by atoms with Gasteiger partial charge in [-0.3, -0.25) is 0 Å². The van der Waals surface area contributed by atoms with E-state index in [9.17, 15) is 0 Å². The third-order valence-corrected chi connectivity index (χ3v) is 2.66. The van der Waals surface area contributed by atoms with E-state index in [1.165, 1.54) is 5.56 Å². The molecule has 0 saturated heterocycles. The molecular formula is C12H19NO3. The van der Waals surface area contributed by atoms with E-state index in [1.54, 1.807) is 21.3 Å². The minimum Gasteiger partial charge on any atom is -0.493 e. The van der Waals surface area contributed by atoms with Gasteiger partial charge in [0.2, 0.25) is 0 Å². The standard InChI is InChI=1S/C12H19NO3/c1-8-6-11(14-3)12(15-4)9(2)10(8)7-13-16-5/h6,13H,7H2,1-5H3. The van der Waals surface area contributed by atoms with Gasteiger partial charge in [-0.25, -0.2) is 0 Å². The van der Waals surface area contributed by atoms with E-state index in [2.05, 4.69) is 5.48 Å². The Bertz CT molecular complexity index is 364. The molecule has 0 bridgehead atoms. The first-order chi connectivity index (χ1) is 7.65. The number of benzene rings is 1. The van der Waals surface area contributed by atoms with Gasteiger partial charge < -0.3 is 14.3 Å². The zero-order chi connectivity index (χ0) is 12.1. The molecule has 16 heavy (non-hydrogen) atoms. The number of hydrogen-bond acceptors (Lipinski definition) is 4. The minimum absolute atomic E-state index is 0.647. The van der Waals surface area contributed by atoms with Gasteiger partial charge in [-0.15, -0.1) is 0 Å². The van der Waals surface area contributed by atoms with Crippen molar-refractivity contribution in [2.75, 3.05) is 21.3 Å². The first kappa shape index (κ1) is 12.8. The lowest BCUT2D eigenvalue weighted by Gasteiger charge is -2.17. The molecule has 0 radical (unpaired) electrons. The molecule has 0 amide bonds. The van der Waals surface area contributed by atoms with Gasteiger partial charge in [-0.05, 0) is 36.6 Å². The average molecular weight is 225 g/mol. The second-order valence-corrected chi connectivity index (χ2v) is 3.56. The van der Waals surface area contributed by atoms with Crippen LogP contribution in [-0.2, 0) is 11.4 Å².